The molecule has 0 bridgehead atoms. The molecule has 1 atom stereocenters. The number of ether oxygens (including phenoxy) is 2. The number of alkyl halides is 1. The molecule has 8 heteroatoms. The van der Waals surface area contributed by atoms with Crippen LogP contribution in [0.1, 0.15) is 44.7 Å². The van der Waals surface area contributed by atoms with Gasteiger partial charge in [0.15, 0.2) is 5.76 Å². The molecule has 0 spiro atoms. The van der Waals surface area contributed by atoms with E-state index in [0.717, 1.165) is 16.7 Å². The Balaban J connectivity index is 1.80. The Morgan fingerprint density at radius 2 is 1.82 bits per heavy atom. The van der Waals surface area contributed by atoms with Crippen molar-refractivity contribution in [1.82, 2.24) is 4.90 Å². The van der Waals surface area contributed by atoms with E-state index in [4.69, 9.17) is 26.8 Å². The van der Waals surface area contributed by atoms with E-state index in [-0.39, 0.29) is 37.5 Å². The van der Waals surface area contributed by atoms with Gasteiger partial charge in [0.2, 0.25) is 11.7 Å². The maximum absolute atomic E-state index is 12.9. The van der Waals surface area contributed by atoms with Crippen molar-refractivity contribution in [3.8, 4) is 0 Å². The number of nitrogens with zero attached hydrogens (tertiary/aromatic N) is 1. The summed E-state index contributed by atoms with van der Waals surface area (Å²) in [4.78, 5) is 38.6. The molecular formula is C25H29ClN2O5. The summed E-state index contributed by atoms with van der Waals surface area (Å²) < 4.78 is 11.5. The molecule has 0 aromatic heterocycles. The van der Waals surface area contributed by atoms with Gasteiger partial charge in [-0.15, -0.1) is 11.6 Å². The van der Waals surface area contributed by atoms with Crippen LogP contribution in [0.15, 0.2) is 59.5 Å². The van der Waals surface area contributed by atoms with E-state index >= 15 is 0 Å². The van der Waals surface area contributed by atoms with Crippen molar-refractivity contribution in [2.45, 2.75) is 57.7 Å². The van der Waals surface area contributed by atoms with E-state index in [1.165, 1.54) is 6.08 Å². The molecule has 1 aromatic rings. The highest BCUT2D eigenvalue weighted by molar-refractivity contribution is 6.17. The molecule has 1 aliphatic carbocycles. The van der Waals surface area contributed by atoms with Gasteiger partial charge in [0.1, 0.15) is 18.2 Å². The van der Waals surface area contributed by atoms with Crippen LogP contribution in [0, 0.1) is 0 Å². The zero-order valence-electron chi connectivity index (χ0n) is 19.1. The van der Waals surface area contributed by atoms with Gasteiger partial charge in [-0.3, -0.25) is 9.59 Å². The van der Waals surface area contributed by atoms with Gasteiger partial charge < -0.3 is 20.1 Å². The Kier molecular flexibility index (Phi) is 7.64. The SMILES string of the molecule is CC(C)(C)OC(=O)C(CCC(N)=O)N1C=C2C=CC(=O)C(OCc3ccc(CCl)cc3)=C2C1. The molecule has 1 unspecified atom stereocenters. The second-order valence-electron chi connectivity index (χ2n) is 9.06. The smallest absolute Gasteiger partial charge is 0.329 e. The van der Waals surface area contributed by atoms with Crippen molar-refractivity contribution in [1.29, 1.82) is 0 Å². The van der Waals surface area contributed by atoms with Crippen LogP contribution < -0.4 is 5.73 Å². The Morgan fingerprint density at radius 1 is 1.15 bits per heavy atom. The molecule has 2 N–H and O–H groups in total. The number of amides is 1. The van der Waals surface area contributed by atoms with Gasteiger partial charge in [-0.25, -0.2) is 4.79 Å². The van der Waals surface area contributed by atoms with Crippen LogP contribution in [0.2, 0.25) is 0 Å². The highest BCUT2D eigenvalue weighted by Gasteiger charge is 2.35. The van der Waals surface area contributed by atoms with Crippen molar-refractivity contribution in [2.75, 3.05) is 6.54 Å². The quantitative estimate of drug-likeness (QED) is 0.436. The average Bonchev–Trinajstić information content (AvgIpc) is 3.16. The number of rotatable bonds is 9. The van der Waals surface area contributed by atoms with E-state index in [9.17, 15) is 14.4 Å². The van der Waals surface area contributed by atoms with E-state index in [2.05, 4.69) is 0 Å². The van der Waals surface area contributed by atoms with Crippen molar-refractivity contribution in [3.05, 3.63) is 70.6 Å². The Bertz CT molecular complexity index is 1020. The van der Waals surface area contributed by atoms with Gasteiger partial charge in [-0.05, 0) is 56.0 Å². The molecule has 1 aliphatic heterocycles. The highest BCUT2D eigenvalue weighted by atomic mass is 35.5. The lowest BCUT2D eigenvalue weighted by Gasteiger charge is -2.29. The first-order valence-electron chi connectivity index (χ1n) is 10.8. The van der Waals surface area contributed by atoms with Crippen LogP contribution in [0.3, 0.4) is 0 Å². The lowest BCUT2D eigenvalue weighted by atomic mass is 10.00. The second-order valence-corrected chi connectivity index (χ2v) is 9.32. The van der Waals surface area contributed by atoms with Crippen LogP contribution in [0.4, 0.5) is 0 Å². The molecule has 0 saturated carbocycles. The number of hydrogen-bond acceptors (Lipinski definition) is 6. The van der Waals surface area contributed by atoms with E-state index < -0.39 is 23.5 Å². The normalized spacial score (nSPS) is 16.4. The van der Waals surface area contributed by atoms with Crippen molar-refractivity contribution in [3.63, 3.8) is 0 Å². The number of hydrogen-bond donors (Lipinski definition) is 1. The third kappa shape index (κ3) is 6.48. The van der Waals surface area contributed by atoms with E-state index in [1.54, 1.807) is 37.9 Å². The zero-order valence-corrected chi connectivity index (χ0v) is 19.9. The number of halogens is 1. The minimum atomic E-state index is -0.713. The first-order chi connectivity index (χ1) is 15.6. The molecule has 33 heavy (non-hydrogen) atoms. The molecule has 176 valence electrons. The van der Waals surface area contributed by atoms with E-state index in [1.807, 2.05) is 24.3 Å². The lowest BCUT2D eigenvalue weighted by molar-refractivity contribution is -0.160. The standard InChI is InChI=1S/C25H29ClN2O5/c1-25(2,3)33-24(31)20(9-11-22(27)30)28-13-18-8-10-21(29)23(19(18)14-28)32-15-17-6-4-16(12-26)5-7-17/h4-8,10,13,20H,9,11-12,14-15H2,1-3H3,(H2,27,30). The maximum atomic E-state index is 12.9. The molecule has 0 radical (unpaired) electrons. The number of nitrogens with two attached hydrogens (primary N) is 1. The van der Waals surface area contributed by atoms with Crippen molar-refractivity contribution in [2.24, 2.45) is 5.73 Å². The summed E-state index contributed by atoms with van der Waals surface area (Å²) in [6, 6.07) is 6.94. The number of fused-ring (bicyclic) bond motifs is 1. The molecule has 2 aliphatic rings. The summed E-state index contributed by atoms with van der Waals surface area (Å²) in [5.74, 6) is -0.487. The molecule has 1 aromatic carbocycles. The Hall–Kier alpha value is -3.06. The summed E-state index contributed by atoms with van der Waals surface area (Å²) in [5.41, 5.74) is 8.04. The van der Waals surface area contributed by atoms with Crippen LogP contribution in [0.25, 0.3) is 0 Å². The molecule has 0 fully saturated rings. The number of benzene rings is 1. The second kappa shape index (κ2) is 10.3. The van der Waals surface area contributed by atoms with Crippen molar-refractivity contribution < 1.29 is 23.9 Å². The summed E-state index contributed by atoms with van der Waals surface area (Å²) in [5, 5.41) is 0. The number of ketones is 1. The topological polar surface area (TPSA) is 98.9 Å². The summed E-state index contributed by atoms with van der Waals surface area (Å²) in [6.07, 6.45) is 5.21. The van der Waals surface area contributed by atoms with Crippen molar-refractivity contribution >= 4 is 29.3 Å². The fraction of sp³-hybridized carbons (Fsp3) is 0.400. The maximum Gasteiger partial charge on any atom is 0.329 e. The summed E-state index contributed by atoms with van der Waals surface area (Å²) >= 11 is 5.83. The third-order valence-electron chi connectivity index (χ3n) is 5.21. The zero-order chi connectivity index (χ0) is 24.2. The first-order valence-corrected chi connectivity index (χ1v) is 11.3. The predicted octanol–water partition coefficient (Wildman–Crippen LogP) is 3.51. The summed E-state index contributed by atoms with van der Waals surface area (Å²) in [7, 11) is 0. The average molecular weight is 473 g/mol. The van der Waals surface area contributed by atoms with Gasteiger partial charge in [0, 0.05) is 30.6 Å². The number of carbonyl (C=O) groups is 3. The fourth-order valence-corrected chi connectivity index (χ4v) is 3.80. The third-order valence-corrected chi connectivity index (χ3v) is 5.52. The molecule has 3 rings (SSSR count). The Labute approximate surface area is 198 Å². The van der Waals surface area contributed by atoms with Gasteiger partial charge in [-0.2, -0.15) is 0 Å². The van der Waals surface area contributed by atoms with Crippen LogP contribution >= 0.6 is 11.6 Å². The van der Waals surface area contributed by atoms with Crippen LogP contribution in [-0.2, 0) is 36.3 Å². The number of carbonyl (C=O) groups excluding carboxylic acids is 3. The fourth-order valence-electron chi connectivity index (χ4n) is 3.62. The largest absolute Gasteiger partial charge is 0.484 e. The molecule has 0 saturated heterocycles. The minimum absolute atomic E-state index is 0.0407. The molecule has 1 heterocycles. The minimum Gasteiger partial charge on any atom is -0.484 e. The Morgan fingerprint density at radius 3 is 2.42 bits per heavy atom. The number of esters is 1. The van der Waals surface area contributed by atoms with Crippen LogP contribution in [0.5, 0.6) is 0 Å². The van der Waals surface area contributed by atoms with Gasteiger partial charge in [0.05, 0.1) is 0 Å². The highest BCUT2D eigenvalue weighted by Crippen LogP contribution is 2.32. The lowest BCUT2D eigenvalue weighted by Crippen LogP contribution is -2.42. The van der Waals surface area contributed by atoms with Gasteiger partial charge in [0.25, 0.3) is 0 Å². The number of allylic oxidation sites excluding steroid dienone is 2. The summed E-state index contributed by atoms with van der Waals surface area (Å²) in [6.45, 7) is 5.87. The van der Waals surface area contributed by atoms with Gasteiger partial charge >= 0.3 is 5.97 Å². The molecule has 7 nitrogen and oxygen atoms in total. The number of primary amides is 1. The predicted molar refractivity (Wildman–Crippen MR) is 125 cm³/mol. The molecular weight excluding hydrogens is 444 g/mol. The van der Waals surface area contributed by atoms with E-state index in [0.29, 0.717) is 11.5 Å². The van der Waals surface area contributed by atoms with Crippen LogP contribution in [-0.4, -0.2) is 40.7 Å². The monoisotopic (exact) mass is 472 g/mol. The van der Waals surface area contributed by atoms with Gasteiger partial charge in [-0.1, -0.05) is 24.3 Å². The molecule has 1 amide bonds. The first kappa shape index (κ1) is 24.6.